The maximum Gasteiger partial charge on any atom is 0.0603 e. The van der Waals surface area contributed by atoms with Crippen LogP contribution in [0.25, 0.3) is 0 Å². The van der Waals surface area contributed by atoms with Crippen LogP contribution in [0.1, 0.15) is 11.3 Å². The van der Waals surface area contributed by atoms with Crippen molar-refractivity contribution in [1.82, 2.24) is 14.8 Å². The highest BCUT2D eigenvalue weighted by Crippen LogP contribution is 2.11. The SMILES string of the molecule is Cc1ncccc1NCc1cnn(C)c1. The monoisotopic (exact) mass is 202 g/mol. The molecule has 2 heterocycles. The van der Waals surface area contributed by atoms with Gasteiger partial charge in [-0.1, -0.05) is 0 Å². The lowest BCUT2D eigenvalue weighted by atomic mass is 10.3. The van der Waals surface area contributed by atoms with Crippen LogP contribution in [0, 0.1) is 6.92 Å². The molecule has 0 spiro atoms. The van der Waals surface area contributed by atoms with Gasteiger partial charge in [0.05, 0.1) is 17.6 Å². The second-order valence-corrected chi connectivity index (χ2v) is 3.51. The first-order chi connectivity index (χ1) is 7.25. The van der Waals surface area contributed by atoms with E-state index in [2.05, 4.69) is 15.4 Å². The van der Waals surface area contributed by atoms with Gasteiger partial charge in [0.1, 0.15) is 0 Å². The van der Waals surface area contributed by atoms with Crippen LogP contribution in [-0.4, -0.2) is 14.8 Å². The molecule has 78 valence electrons. The van der Waals surface area contributed by atoms with Gasteiger partial charge < -0.3 is 5.32 Å². The molecule has 0 aliphatic carbocycles. The quantitative estimate of drug-likeness (QED) is 0.824. The molecule has 0 fully saturated rings. The predicted molar refractivity (Wildman–Crippen MR) is 59.5 cm³/mol. The number of hydrogen-bond acceptors (Lipinski definition) is 3. The van der Waals surface area contributed by atoms with E-state index >= 15 is 0 Å². The summed E-state index contributed by atoms with van der Waals surface area (Å²) >= 11 is 0. The van der Waals surface area contributed by atoms with Gasteiger partial charge in [-0.2, -0.15) is 5.10 Å². The zero-order valence-corrected chi connectivity index (χ0v) is 8.94. The molecule has 2 rings (SSSR count). The zero-order chi connectivity index (χ0) is 10.7. The summed E-state index contributed by atoms with van der Waals surface area (Å²) in [5, 5.41) is 7.44. The molecule has 0 amide bonds. The van der Waals surface area contributed by atoms with Crippen molar-refractivity contribution in [2.75, 3.05) is 5.32 Å². The lowest BCUT2D eigenvalue weighted by Crippen LogP contribution is -2.00. The standard InChI is InChI=1S/C11H14N4/c1-9-11(4-3-5-12-9)13-6-10-7-14-15(2)8-10/h3-5,7-8,13H,6H2,1-2H3. The fourth-order valence-electron chi connectivity index (χ4n) is 1.43. The molecule has 0 aliphatic heterocycles. The molecular formula is C11H14N4. The first-order valence-corrected chi connectivity index (χ1v) is 4.89. The van der Waals surface area contributed by atoms with Crippen LogP contribution in [0.5, 0.6) is 0 Å². The molecule has 0 bridgehead atoms. The summed E-state index contributed by atoms with van der Waals surface area (Å²) in [6.07, 6.45) is 5.65. The molecule has 2 aromatic rings. The van der Waals surface area contributed by atoms with Gasteiger partial charge in [0.2, 0.25) is 0 Å². The van der Waals surface area contributed by atoms with E-state index in [1.165, 1.54) is 5.56 Å². The van der Waals surface area contributed by atoms with Crippen molar-refractivity contribution in [2.45, 2.75) is 13.5 Å². The lowest BCUT2D eigenvalue weighted by molar-refractivity contribution is 0.767. The Morgan fingerprint density at radius 3 is 3.00 bits per heavy atom. The van der Waals surface area contributed by atoms with Crippen LogP contribution >= 0.6 is 0 Å². The predicted octanol–water partition coefficient (Wildman–Crippen LogP) is 1.74. The molecule has 0 unspecified atom stereocenters. The molecule has 15 heavy (non-hydrogen) atoms. The Morgan fingerprint density at radius 1 is 1.47 bits per heavy atom. The van der Waals surface area contributed by atoms with Crippen LogP contribution in [0.15, 0.2) is 30.7 Å². The van der Waals surface area contributed by atoms with E-state index < -0.39 is 0 Å². The van der Waals surface area contributed by atoms with E-state index in [9.17, 15) is 0 Å². The smallest absolute Gasteiger partial charge is 0.0603 e. The molecule has 0 saturated heterocycles. The van der Waals surface area contributed by atoms with Gasteiger partial charge in [0.25, 0.3) is 0 Å². The normalized spacial score (nSPS) is 10.3. The van der Waals surface area contributed by atoms with E-state index in [0.29, 0.717) is 0 Å². The minimum atomic E-state index is 0.778. The minimum Gasteiger partial charge on any atom is -0.379 e. The van der Waals surface area contributed by atoms with Crippen LogP contribution in [0.2, 0.25) is 0 Å². The summed E-state index contributed by atoms with van der Waals surface area (Å²) in [4.78, 5) is 4.21. The first kappa shape index (κ1) is 9.71. The van der Waals surface area contributed by atoms with Crippen molar-refractivity contribution in [3.63, 3.8) is 0 Å². The zero-order valence-electron chi connectivity index (χ0n) is 8.94. The number of aryl methyl sites for hydroxylation is 2. The van der Waals surface area contributed by atoms with Gasteiger partial charge >= 0.3 is 0 Å². The highest BCUT2D eigenvalue weighted by molar-refractivity contribution is 5.46. The fraction of sp³-hybridized carbons (Fsp3) is 0.273. The molecule has 0 atom stereocenters. The number of rotatable bonds is 3. The Labute approximate surface area is 89.0 Å². The van der Waals surface area contributed by atoms with Gasteiger partial charge in [0.15, 0.2) is 0 Å². The van der Waals surface area contributed by atoms with Crippen molar-refractivity contribution in [1.29, 1.82) is 0 Å². The third-order valence-electron chi connectivity index (χ3n) is 2.25. The fourth-order valence-corrected chi connectivity index (χ4v) is 1.43. The van der Waals surface area contributed by atoms with E-state index in [1.807, 2.05) is 38.5 Å². The number of pyridine rings is 1. The van der Waals surface area contributed by atoms with Crippen LogP contribution < -0.4 is 5.32 Å². The summed E-state index contributed by atoms with van der Waals surface area (Å²) in [7, 11) is 1.92. The number of hydrogen-bond donors (Lipinski definition) is 1. The Hall–Kier alpha value is -1.84. The molecule has 0 saturated carbocycles. The topological polar surface area (TPSA) is 42.7 Å². The van der Waals surface area contributed by atoms with Crippen LogP contribution in [0.4, 0.5) is 5.69 Å². The second kappa shape index (κ2) is 4.13. The van der Waals surface area contributed by atoms with Crippen LogP contribution in [-0.2, 0) is 13.6 Å². The van der Waals surface area contributed by atoms with Crippen molar-refractivity contribution < 1.29 is 0 Å². The highest BCUT2D eigenvalue weighted by atomic mass is 15.2. The third-order valence-corrected chi connectivity index (χ3v) is 2.25. The maximum absolute atomic E-state index is 4.21. The van der Waals surface area contributed by atoms with Gasteiger partial charge in [-0.15, -0.1) is 0 Å². The largest absolute Gasteiger partial charge is 0.379 e. The van der Waals surface area contributed by atoms with Gasteiger partial charge in [0, 0.05) is 31.5 Å². The molecule has 0 radical (unpaired) electrons. The summed E-state index contributed by atoms with van der Waals surface area (Å²) in [5.41, 5.74) is 3.25. The Kier molecular flexibility index (Phi) is 2.67. The molecule has 2 aromatic heterocycles. The average Bonchev–Trinajstić information content (AvgIpc) is 2.63. The van der Waals surface area contributed by atoms with Gasteiger partial charge in [-0.3, -0.25) is 9.67 Å². The Bertz CT molecular complexity index is 447. The highest BCUT2D eigenvalue weighted by Gasteiger charge is 1.99. The van der Waals surface area contributed by atoms with E-state index in [4.69, 9.17) is 0 Å². The molecular weight excluding hydrogens is 188 g/mol. The number of nitrogens with one attached hydrogen (secondary N) is 1. The summed E-state index contributed by atoms with van der Waals surface area (Å²) in [6, 6.07) is 3.96. The number of aromatic nitrogens is 3. The summed E-state index contributed by atoms with van der Waals surface area (Å²) in [5.74, 6) is 0. The average molecular weight is 202 g/mol. The van der Waals surface area contributed by atoms with E-state index in [-0.39, 0.29) is 0 Å². The summed E-state index contributed by atoms with van der Waals surface area (Å²) in [6.45, 7) is 2.77. The maximum atomic E-state index is 4.21. The minimum absolute atomic E-state index is 0.778. The number of nitrogens with zero attached hydrogens (tertiary/aromatic N) is 3. The van der Waals surface area contributed by atoms with E-state index in [0.717, 1.165) is 17.9 Å². The molecule has 4 heteroatoms. The van der Waals surface area contributed by atoms with Crippen molar-refractivity contribution in [3.05, 3.63) is 42.0 Å². The number of anilines is 1. The van der Waals surface area contributed by atoms with E-state index in [1.54, 1.807) is 10.9 Å². The molecule has 0 aromatic carbocycles. The second-order valence-electron chi connectivity index (χ2n) is 3.51. The van der Waals surface area contributed by atoms with Crippen molar-refractivity contribution in [2.24, 2.45) is 7.05 Å². The van der Waals surface area contributed by atoms with Crippen molar-refractivity contribution in [3.8, 4) is 0 Å². The first-order valence-electron chi connectivity index (χ1n) is 4.89. The van der Waals surface area contributed by atoms with Crippen molar-refractivity contribution >= 4 is 5.69 Å². The Morgan fingerprint density at radius 2 is 2.33 bits per heavy atom. The molecule has 0 aliphatic rings. The third kappa shape index (κ3) is 2.34. The van der Waals surface area contributed by atoms with Gasteiger partial charge in [-0.25, -0.2) is 0 Å². The van der Waals surface area contributed by atoms with Crippen LogP contribution in [0.3, 0.4) is 0 Å². The molecule has 4 nitrogen and oxygen atoms in total. The van der Waals surface area contributed by atoms with Gasteiger partial charge in [-0.05, 0) is 19.1 Å². The lowest BCUT2D eigenvalue weighted by Gasteiger charge is -2.06. The molecule has 1 N–H and O–H groups in total. The summed E-state index contributed by atoms with van der Waals surface area (Å²) < 4.78 is 1.80. The Balaban J connectivity index is 2.02.